The van der Waals surface area contributed by atoms with Crippen molar-refractivity contribution in [2.75, 3.05) is 24.3 Å². The summed E-state index contributed by atoms with van der Waals surface area (Å²) in [5.41, 5.74) is 1.74. The van der Waals surface area contributed by atoms with Gasteiger partial charge in [0.2, 0.25) is 0 Å². The standard InChI is InChI=1S/C14H15ClFN3/c1-19(2)14-6-5-12(9-18-14)17-8-10-3-4-11(16)7-13(10)15/h3-7,9,17H,8H2,1-2H3. The van der Waals surface area contributed by atoms with Crippen LogP contribution in [0.2, 0.25) is 5.02 Å². The zero-order valence-electron chi connectivity index (χ0n) is 10.8. The molecule has 0 saturated heterocycles. The number of aromatic nitrogens is 1. The van der Waals surface area contributed by atoms with Gasteiger partial charge in [-0.1, -0.05) is 17.7 Å². The second-order valence-electron chi connectivity index (χ2n) is 4.39. The molecule has 3 nitrogen and oxygen atoms in total. The summed E-state index contributed by atoms with van der Waals surface area (Å²) >= 11 is 5.96. The molecule has 2 rings (SSSR count). The van der Waals surface area contributed by atoms with Gasteiger partial charge in [-0.25, -0.2) is 9.37 Å². The first kappa shape index (κ1) is 13.6. The van der Waals surface area contributed by atoms with E-state index < -0.39 is 0 Å². The van der Waals surface area contributed by atoms with E-state index in [9.17, 15) is 4.39 Å². The molecule has 100 valence electrons. The van der Waals surface area contributed by atoms with E-state index in [-0.39, 0.29) is 5.82 Å². The van der Waals surface area contributed by atoms with E-state index in [2.05, 4.69) is 10.3 Å². The second-order valence-corrected chi connectivity index (χ2v) is 4.80. The number of anilines is 2. The van der Waals surface area contributed by atoms with Gasteiger partial charge in [-0.2, -0.15) is 0 Å². The number of nitrogens with one attached hydrogen (secondary N) is 1. The van der Waals surface area contributed by atoms with E-state index in [1.165, 1.54) is 12.1 Å². The first-order chi connectivity index (χ1) is 9.06. The van der Waals surface area contributed by atoms with E-state index in [4.69, 9.17) is 11.6 Å². The van der Waals surface area contributed by atoms with Crippen molar-refractivity contribution in [2.45, 2.75) is 6.54 Å². The fourth-order valence-electron chi connectivity index (χ4n) is 1.62. The quantitative estimate of drug-likeness (QED) is 0.928. The maximum absolute atomic E-state index is 12.9. The van der Waals surface area contributed by atoms with Crippen molar-refractivity contribution in [3.05, 3.63) is 52.9 Å². The first-order valence-corrected chi connectivity index (χ1v) is 6.25. The van der Waals surface area contributed by atoms with Gasteiger partial charge in [0.1, 0.15) is 11.6 Å². The molecule has 0 unspecified atom stereocenters. The van der Waals surface area contributed by atoms with E-state index in [1.54, 1.807) is 12.3 Å². The number of rotatable bonds is 4. The lowest BCUT2D eigenvalue weighted by molar-refractivity contribution is 0.627. The maximum atomic E-state index is 12.9. The van der Waals surface area contributed by atoms with Crippen molar-refractivity contribution in [1.29, 1.82) is 0 Å². The Morgan fingerprint density at radius 1 is 1.26 bits per heavy atom. The Hall–Kier alpha value is -1.81. The smallest absolute Gasteiger partial charge is 0.128 e. The van der Waals surface area contributed by atoms with Crippen molar-refractivity contribution in [2.24, 2.45) is 0 Å². The van der Waals surface area contributed by atoms with Crippen LogP contribution in [0.3, 0.4) is 0 Å². The van der Waals surface area contributed by atoms with E-state index >= 15 is 0 Å². The Morgan fingerprint density at radius 2 is 2.05 bits per heavy atom. The molecule has 0 spiro atoms. The van der Waals surface area contributed by atoms with Crippen molar-refractivity contribution in [3.8, 4) is 0 Å². The summed E-state index contributed by atoms with van der Waals surface area (Å²) in [7, 11) is 3.88. The Kier molecular flexibility index (Phi) is 4.22. The second kappa shape index (κ2) is 5.89. The van der Waals surface area contributed by atoms with Crippen LogP contribution in [0.5, 0.6) is 0 Å². The van der Waals surface area contributed by atoms with Crippen LogP contribution in [0.25, 0.3) is 0 Å². The molecule has 5 heteroatoms. The van der Waals surface area contributed by atoms with Gasteiger partial charge in [-0.3, -0.25) is 0 Å². The van der Waals surface area contributed by atoms with Crippen LogP contribution >= 0.6 is 11.6 Å². The molecule has 0 saturated carbocycles. The van der Waals surface area contributed by atoms with Gasteiger partial charge in [0.25, 0.3) is 0 Å². The highest BCUT2D eigenvalue weighted by atomic mass is 35.5. The van der Waals surface area contributed by atoms with Gasteiger partial charge in [0, 0.05) is 25.7 Å². The van der Waals surface area contributed by atoms with Crippen molar-refractivity contribution < 1.29 is 4.39 Å². The minimum atomic E-state index is -0.328. The minimum Gasteiger partial charge on any atom is -0.380 e. The summed E-state index contributed by atoms with van der Waals surface area (Å²) in [6.07, 6.45) is 1.76. The number of halogens is 2. The highest BCUT2D eigenvalue weighted by molar-refractivity contribution is 6.31. The van der Waals surface area contributed by atoms with E-state index in [1.807, 2.05) is 31.1 Å². The predicted octanol–water partition coefficient (Wildman–Crippen LogP) is 3.55. The number of nitrogens with zero attached hydrogens (tertiary/aromatic N) is 2. The van der Waals surface area contributed by atoms with Gasteiger partial charge in [0.15, 0.2) is 0 Å². The van der Waals surface area contributed by atoms with Gasteiger partial charge in [-0.05, 0) is 29.8 Å². The molecular formula is C14H15ClFN3. The average molecular weight is 280 g/mol. The highest BCUT2D eigenvalue weighted by Gasteiger charge is 2.02. The molecule has 0 atom stereocenters. The topological polar surface area (TPSA) is 28.2 Å². The minimum absolute atomic E-state index is 0.328. The summed E-state index contributed by atoms with van der Waals surface area (Å²) < 4.78 is 12.9. The molecule has 1 N–H and O–H groups in total. The zero-order valence-corrected chi connectivity index (χ0v) is 11.6. The van der Waals surface area contributed by atoms with E-state index in [0.29, 0.717) is 11.6 Å². The molecule has 2 aromatic rings. The summed E-state index contributed by atoms with van der Waals surface area (Å²) in [5, 5.41) is 3.62. The summed E-state index contributed by atoms with van der Waals surface area (Å²) in [6, 6.07) is 8.25. The molecule has 1 aromatic heterocycles. The molecule has 0 bridgehead atoms. The van der Waals surface area contributed by atoms with Crippen molar-refractivity contribution in [1.82, 2.24) is 4.98 Å². The lowest BCUT2D eigenvalue weighted by Gasteiger charge is -2.12. The van der Waals surface area contributed by atoms with Crippen LogP contribution in [0.15, 0.2) is 36.5 Å². The van der Waals surface area contributed by atoms with Gasteiger partial charge in [-0.15, -0.1) is 0 Å². The van der Waals surface area contributed by atoms with Crippen LogP contribution in [0, 0.1) is 5.82 Å². The predicted molar refractivity (Wildman–Crippen MR) is 77.3 cm³/mol. The first-order valence-electron chi connectivity index (χ1n) is 5.87. The van der Waals surface area contributed by atoms with Gasteiger partial charge < -0.3 is 10.2 Å². The van der Waals surface area contributed by atoms with Crippen LogP contribution < -0.4 is 10.2 Å². The monoisotopic (exact) mass is 279 g/mol. The largest absolute Gasteiger partial charge is 0.380 e. The molecular weight excluding hydrogens is 265 g/mol. The third-order valence-electron chi connectivity index (χ3n) is 2.70. The third kappa shape index (κ3) is 3.58. The Morgan fingerprint density at radius 3 is 2.63 bits per heavy atom. The Labute approximate surface area is 117 Å². The van der Waals surface area contributed by atoms with Crippen LogP contribution in [0.4, 0.5) is 15.9 Å². The lowest BCUT2D eigenvalue weighted by atomic mass is 10.2. The maximum Gasteiger partial charge on any atom is 0.128 e. The molecule has 1 aromatic carbocycles. The molecule has 19 heavy (non-hydrogen) atoms. The SMILES string of the molecule is CN(C)c1ccc(NCc2ccc(F)cc2Cl)cn1. The lowest BCUT2D eigenvalue weighted by Crippen LogP contribution is -2.10. The normalized spacial score (nSPS) is 10.3. The van der Waals surface area contributed by atoms with Crippen molar-refractivity contribution >= 4 is 23.1 Å². The molecule has 0 aliphatic rings. The van der Waals surface area contributed by atoms with Crippen LogP contribution in [0.1, 0.15) is 5.56 Å². The number of pyridine rings is 1. The Balaban J connectivity index is 2.02. The average Bonchev–Trinajstić information content (AvgIpc) is 2.38. The molecule has 0 amide bonds. The van der Waals surface area contributed by atoms with Crippen LogP contribution in [-0.2, 0) is 6.54 Å². The number of hydrogen-bond donors (Lipinski definition) is 1. The van der Waals surface area contributed by atoms with Crippen LogP contribution in [-0.4, -0.2) is 19.1 Å². The van der Waals surface area contributed by atoms with Crippen molar-refractivity contribution in [3.63, 3.8) is 0 Å². The zero-order chi connectivity index (χ0) is 13.8. The molecule has 0 radical (unpaired) electrons. The van der Waals surface area contributed by atoms with Gasteiger partial charge >= 0.3 is 0 Å². The molecule has 0 aliphatic heterocycles. The Bertz CT molecular complexity index is 555. The number of hydrogen-bond acceptors (Lipinski definition) is 3. The number of benzene rings is 1. The molecule has 0 fully saturated rings. The summed E-state index contributed by atoms with van der Waals surface area (Å²) in [4.78, 5) is 6.23. The van der Waals surface area contributed by atoms with E-state index in [0.717, 1.165) is 17.1 Å². The molecule has 0 aliphatic carbocycles. The molecule has 1 heterocycles. The fraction of sp³-hybridized carbons (Fsp3) is 0.214. The third-order valence-corrected chi connectivity index (χ3v) is 3.06. The fourth-order valence-corrected chi connectivity index (χ4v) is 1.85. The highest BCUT2D eigenvalue weighted by Crippen LogP contribution is 2.19. The summed E-state index contributed by atoms with van der Waals surface area (Å²) in [5.74, 6) is 0.566. The summed E-state index contributed by atoms with van der Waals surface area (Å²) in [6.45, 7) is 0.530. The van der Waals surface area contributed by atoms with Gasteiger partial charge in [0.05, 0.1) is 11.9 Å².